The number of halogens is 11. The van der Waals surface area contributed by atoms with E-state index in [1.807, 2.05) is 0 Å². The molecule has 3 aromatic heterocycles. The molecule has 324 valence electrons. The van der Waals surface area contributed by atoms with Gasteiger partial charge in [-0.2, -0.15) is 31.4 Å². The van der Waals surface area contributed by atoms with Crippen molar-refractivity contribution in [2.75, 3.05) is 24.3 Å². The number of rotatable bonds is 12. The molecule has 3 heterocycles. The summed E-state index contributed by atoms with van der Waals surface area (Å²) in [5.41, 5.74) is -0.844. The van der Waals surface area contributed by atoms with Gasteiger partial charge in [0.15, 0.2) is 5.82 Å². The molecule has 2 N–H and O–H groups in total. The number of aldehydes is 1. The van der Waals surface area contributed by atoms with Crippen molar-refractivity contribution in [3.63, 3.8) is 0 Å². The summed E-state index contributed by atoms with van der Waals surface area (Å²) in [7, 11) is 0.372. The molecule has 0 saturated carbocycles. The first-order valence-electron chi connectivity index (χ1n) is 17.1. The summed E-state index contributed by atoms with van der Waals surface area (Å²) in [6.07, 6.45) is -6.00. The minimum atomic E-state index is -4.89. The molecule has 9 nitrogen and oxygen atoms in total. The van der Waals surface area contributed by atoms with Crippen LogP contribution in [0.25, 0.3) is 22.0 Å². The van der Waals surface area contributed by atoms with E-state index in [2.05, 4.69) is 39.0 Å². The van der Waals surface area contributed by atoms with E-state index in [-0.39, 0.29) is 68.7 Å². The minimum absolute atomic E-state index is 0. The number of hydrogen-bond donors (Lipinski definition) is 2. The Morgan fingerprint density at radius 1 is 1.00 bits per heavy atom. The summed E-state index contributed by atoms with van der Waals surface area (Å²) in [6, 6.07) is 10.4. The van der Waals surface area contributed by atoms with E-state index in [0.717, 1.165) is 22.7 Å². The van der Waals surface area contributed by atoms with Crippen molar-refractivity contribution in [3.8, 4) is 23.0 Å². The average molecular weight is 933 g/mol. The molecule has 5 rings (SSSR count). The number of alkyl halides is 8. The van der Waals surface area contributed by atoms with Gasteiger partial charge in [-0.15, -0.1) is 5.69 Å². The van der Waals surface area contributed by atoms with Crippen molar-refractivity contribution < 1.29 is 82.5 Å². The maximum absolute atomic E-state index is 14.1. The number of anilines is 1. The number of likely N-dealkylation sites (N-methyl/N-ethyl adjacent to an activating group) is 1. The van der Waals surface area contributed by atoms with Crippen molar-refractivity contribution in [3.05, 3.63) is 100 Å². The van der Waals surface area contributed by atoms with Crippen LogP contribution in [-0.2, 0) is 47.2 Å². The topological polar surface area (TPSA) is 107 Å². The first-order chi connectivity index (χ1) is 27.8. The quantitative estimate of drug-likeness (QED) is 0.0385. The number of carbonyl (C=O) groups is 1. The number of nitrogens with zero attached hydrogens (tertiary/aromatic N) is 5. The number of aromatic nitrogens is 5. The summed E-state index contributed by atoms with van der Waals surface area (Å²) in [5.74, 6) is 0.800. The molecule has 0 aliphatic carbocycles. The number of pyridine rings is 1. The van der Waals surface area contributed by atoms with Crippen molar-refractivity contribution in [1.29, 1.82) is 0 Å². The fraction of sp³-hybridized carbons (Fsp3) is 0.342. The smallest absolute Gasteiger partial charge is 0.413 e. The predicted octanol–water partition coefficient (Wildman–Crippen LogP) is 6.12. The Morgan fingerprint density at radius 2 is 1.62 bits per heavy atom. The molecular weight excluding hydrogens is 899 g/mol. The molecule has 0 fully saturated rings. The first-order valence-corrected chi connectivity index (χ1v) is 20.2. The van der Waals surface area contributed by atoms with Gasteiger partial charge in [-0.05, 0) is 74.8 Å². The van der Waals surface area contributed by atoms with Crippen molar-refractivity contribution in [1.82, 2.24) is 29.9 Å². The second kappa shape index (κ2) is 20.7. The van der Waals surface area contributed by atoms with Crippen molar-refractivity contribution in [2.24, 2.45) is 0 Å². The van der Waals surface area contributed by atoms with Gasteiger partial charge in [-0.25, -0.2) is 27.6 Å². The average Bonchev–Trinajstić information content (AvgIpc) is 3.72. The molecule has 0 amide bonds. The Bertz CT molecular complexity index is 2420. The summed E-state index contributed by atoms with van der Waals surface area (Å²) < 4.78 is 147. The van der Waals surface area contributed by atoms with Crippen molar-refractivity contribution in [2.45, 2.75) is 62.4 Å². The summed E-state index contributed by atoms with van der Waals surface area (Å²) >= 11 is 7.67. The van der Waals surface area contributed by atoms with E-state index in [1.165, 1.54) is 18.2 Å². The molecule has 5 aromatic rings. The van der Waals surface area contributed by atoms with E-state index in [9.17, 15) is 52.9 Å². The maximum atomic E-state index is 14.1. The number of benzene rings is 2. The Morgan fingerprint density at radius 3 is 2.15 bits per heavy atom. The standard InChI is InChI=1S/C30H29ClF5N5OS2.C8H5F5N2O.Na/c1-29(2,44(5)42)11-10-20-6-7-21(26(38-20)24(37-3)14-17-12-18(32)15-19(33)13-17)22-8-9-23(31)25-27(22)41(16-30(34,35)36)39-28(25)40-43-4;1-7(9,10)6-4-5(8(11,12)13)14-15(6)2-3-16;/h6-9,12-13,15,24,37H,14,16H2,1-5H3,(H,39,40);3H,1-2H2;/q;-2;+1. The van der Waals surface area contributed by atoms with E-state index >= 15 is 0 Å². The second-order valence-electron chi connectivity index (χ2n) is 13.3. The molecule has 0 aliphatic heterocycles. The van der Waals surface area contributed by atoms with Crippen LogP contribution in [-0.4, -0.2) is 65.5 Å². The molecule has 2 aromatic carbocycles. The summed E-state index contributed by atoms with van der Waals surface area (Å²) in [6.45, 7) is 3.74. The van der Waals surface area contributed by atoms with E-state index in [1.54, 1.807) is 57.7 Å². The van der Waals surface area contributed by atoms with Gasteiger partial charge < -0.3 is 20.9 Å². The van der Waals surface area contributed by atoms with Crippen LogP contribution in [0.3, 0.4) is 0 Å². The van der Waals surface area contributed by atoms with Crippen molar-refractivity contribution >= 4 is 57.4 Å². The SMILES string of the molecule is CNC(Cc1cc(F)cc(F)c1)c1nc(C#CC(C)(C)S(C)=O)ccc1-c1ccc(Cl)c2c(NSC)nn(CC(F)(F)F)c12.[CH2-]C(F)(F)c1[c-]c(C(F)(F)F)nn1CC=O.[Na+]. The number of fused-ring (bicyclic) bond motifs is 1. The molecule has 61 heavy (non-hydrogen) atoms. The third-order valence-corrected chi connectivity index (χ3v) is 10.7. The molecule has 2 atom stereocenters. The Balaban J connectivity index is 0.000000491. The Labute approximate surface area is 377 Å². The van der Waals surface area contributed by atoms with Crippen LogP contribution in [0.4, 0.5) is 49.7 Å². The minimum Gasteiger partial charge on any atom is -0.413 e. The molecule has 2 unspecified atom stereocenters. The van der Waals surface area contributed by atoms with Gasteiger partial charge in [0.1, 0.15) is 40.8 Å². The fourth-order valence-corrected chi connectivity index (χ4v) is 6.33. The van der Waals surface area contributed by atoms with E-state index in [4.69, 9.17) is 16.6 Å². The molecule has 0 radical (unpaired) electrons. The number of nitrogens with one attached hydrogen (secondary N) is 2. The Hall–Kier alpha value is -3.65. The zero-order valence-corrected chi connectivity index (χ0v) is 37.4. The van der Waals surface area contributed by atoms with Gasteiger partial charge in [0.25, 0.3) is 0 Å². The Kier molecular flexibility index (Phi) is 17.5. The molecule has 23 heteroatoms. The number of hydrogen-bond acceptors (Lipinski definition) is 8. The third-order valence-electron chi connectivity index (χ3n) is 8.41. The fourth-order valence-electron chi connectivity index (χ4n) is 5.56. The van der Waals surface area contributed by atoms with Crippen LogP contribution in [0.2, 0.25) is 5.02 Å². The van der Waals surface area contributed by atoms with Gasteiger partial charge in [0, 0.05) is 40.5 Å². The summed E-state index contributed by atoms with van der Waals surface area (Å²) in [4.78, 5) is 14.9. The first kappa shape index (κ1) is 51.7. The zero-order chi connectivity index (χ0) is 45.0. The third kappa shape index (κ3) is 13.4. The van der Waals surface area contributed by atoms with Crippen LogP contribution in [0, 0.1) is 36.5 Å². The van der Waals surface area contributed by atoms with Gasteiger partial charge >= 0.3 is 41.9 Å². The maximum Gasteiger partial charge on any atom is 1.00 e. The number of carbonyl (C=O) groups excluding carboxylic acids is 1. The van der Waals surface area contributed by atoms with Crippen LogP contribution in [0.15, 0.2) is 42.5 Å². The summed E-state index contributed by atoms with van der Waals surface area (Å²) in [5, 5.41) is 10.6. The molecule has 0 aliphatic rings. The van der Waals surface area contributed by atoms with Gasteiger partial charge in [-0.1, -0.05) is 35.5 Å². The molecule has 0 spiro atoms. The van der Waals surface area contributed by atoms with Crippen LogP contribution >= 0.6 is 23.5 Å². The van der Waals surface area contributed by atoms with E-state index in [0.29, 0.717) is 28.1 Å². The molecule has 0 bridgehead atoms. The molecular formula is C38H34ClF10N7NaO2S2-. The molecule has 0 saturated heterocycles. The normalized spacial score (nSPS) is 13.1. The largest absolute Gasteiger partial charge is 1.00 e. The van der Waals surface area contributed by atoms with Crippen LogP contribution < -0.4 is 39.6 Å². The van der Waals surface area contributed by atoms with Crippen LogP contribution in [0.1, 0.15) is 48.2 Å². The second-order valence-corrected chi connectivity index (χ2v) is 16.2. The van der Waals surface area contributed by atoms with Gasteiger partial charge in [0.2, 0.25) is 0 Å². The van der Waals surface area contributed by atoms with Gasteiger partial charge in [-0.3, -0.25) is 20.5 Å². The monoisotopic (exact) mass is 932 g/mol. The predicted molar refractivity (Wildman–Crippen MR) is 209 cm³/mol. The van der Waals surface area contributed by atoms with Gasteiger partial charge in [0.05, 0.1) is 34.2 Å². The zero-order valence-electron chi connectivity index (χ0n) is 33.1. The van der Waals surface area contributed by atoms with E-state index < -0.39 is 76.0 Å². The van der Waals surface area contributed by atoms with Crippen LogP contribution in [0.5, 0.6) is 0 Å².